The molecular weight excluding hydrogens is 288 g/mol. The molecule has 0 fully saturated rings. The van der Waals surface area contributed by atoms with E-state index < -0.39 is 5.91 Å². The standard InChI is InChI=1S/C13H16N6O3/c1-19-10(7-4-2-3-5-8(7)17-19)13(21)15-6-9-16-12(11(14)20)18-22-9/h2-6H2,1H3,(H2,14,20)(H,15,21). The Kier molecular flexibility index (Phi) is 3.61. The largest absolute Gasteiger partial charge is 0.363 e. The Balaban J connectivity index is 1.72. The number of aromatic nitrogens is 4. The molecule has 0 atom stereocenters. The van der Waals surface area contributed by atoms with Gasteiger partial charge in [-0.15, -0.1) is 0 Å². The van der Waals surface area contributed by atoms with Gasteiger partial charge in [-0.1, -0.05) is 5.16 Å². The van der Waals surface area contributed by atoms with Crippen molar-refractivity contribution in [2.24, 2.45) is 12.8 Å². The van der Waals surface area contributed by atoms with Crippen LogP contribution in [0.15, 0.2) is 4.52 Å². The molecule has 3 N–H and O–H groups in total. The van der Waals surface area contributed by atoms with Gasteiger partial charge in [-0.05, 0) is 25.7 Å². The number of aryl methyl sites for hydroxylation is 2. The van der Waals surface area contributed by atoms with Crippen LogP contribution in [0.4, 0.5) is 0 Å². The molecule has 0 aliphatic heterocycles. The molecule has 22 heavy (non-hydrogen) atoms. The van der Waals surface area contributed by atoms with E-state index in [-0.39, 0.29) is 24.2 Å². The van der Waals surface area contributed by atoms with Crippen molar-refractivity contribution in [1.29, 1.82) is 0 Å². The third kappa shape index (κ3) is 2.57. The monoisotopic (exact) mass is 304 g/mol. The van der Waals surface area contributed by atoms with Crippen LogP contribution in [0.1, 0.15) is 51.1 Å². The molecule has 0 spiro atoms. The maximum atomic E-state index is 12.4. The van der Waals surface area contributed by atoms with Crippen LogP contribution in [0.25, 0.3) is 0 Å². The fourth-order valence-corrected chi connectivity index (χ4v) is 2.63. The number of carbonyl (C=O) groups is 2. The van der Waals surface area contributed by atoms with Crippen LogP contribution in [-0.4, -0.2) is 31.7 Å². The quantitative estimate of drug-likeness (QED) is 0.798. The SMILES string of the molecule is Cn1nc2c(c1C(=O)NCc1nc(C(N)=O)no1)CCCC2. The number of carbonyl (C=O) groups excluding carboxylic acids is 2. The van der Waals surface area contributed by atoms with Gasteiger partial charge in [0.05, 0.1) is 12.2 Å². The molecule has 2 aromatic rings. The fraction of sp³-hybridized carbons (Fsp3) is 0.462. The zero-order chi connectivity index (χ0) is 15.7. The van der Waals surface area contributed by atoms with Crippen LogP contribution in [0.5, 0.6) is 0 Å². The summed E-state index contributed by atoms with van der Waals surface area (Å²) in [6.07, 6.45) is 3.92. The summed E-state index contributed by atoms with van der Waals surface area (Å²) in [4.78, 5) is 27.0. The summed E-state index contributed by atoms with van der Waals surface area (Å²) in [6.45, 7) is 0.0269. The summed E-state index contributed by atoms with van der Waals surface area (Å²) in [7, 11) is 1.76. The molecule has 2 aromatic heterocycles. The number of primary amides is 1. The Morgan fingerprint density at radius 1 is 1.36 bits per heavy atom. The van der Waals surface area contributed by atoms with Gasteiger partial charge in [0.15, 0.2) is 0 Å². The summed E-state index contributed by atoms with van der Waals surface area (Å²) in [5.41, 5.74) is 7.60. The average Bonchev–Trinajstić information content (AvgIpc) is 3.08. The molecule has 116 valence electrons. The number of hydrogen-bond acceptors (Lipinski definition) is 6. The van der Waals surface area contributed by atoms with E-state index in [0.29, 0.717) is 5.69 Å². The zero-order valence-corrected chi connectivity index (χ0v) is 12.1. The van der Waals surface area contributed by atoms with Gasteiger partial charge in [0.1, 0.15) is 5.69 Å². The maximum Gasteiger partial charge on any atom is 0.290 e. The molecule has 0 saturated carbocycles. The number of rotatable bonds is 4. The molecule has 9 nitrogen and oxygen atoms in total. The van der Waals surface area contributed by atoms with Crippen molar-refractivity contribution in [2.45, 2.75) is 32.2 Å². The van der Waals surface area contributed by atoms with Crippen molar-refractivity contribution in [3.63, 3.8) is 0 Å². The third-order valence-corrected chi connectivity index (χ3v) is 3.62. The molecule has 0 unspecified atom stereocenters. The lowest BCUT2D eigenvalue weighted by Crippen LogP contribution is -2.26. The highest BCUT2D eigenvalue weighted by molar-refractivity contribution is 5.94. The molecular formula is C13H16N6O3. The molecule has 3 rings (SSSR count). The van der Waals surface area contributed by atoms with E-state index >= 15 is 0 Å². The first-order chi connectivity index (χ1) is 10.6. The molecule has 0 saturated heterocycles. The molecule has 2 amide bonds. The number of nitrogens with two attached hydrogens (primary N) is 1. The lowest BCUT2D eigenvalue weighted by molar-refractivity contribution is 0.0934. The van der Waals surface area contributed by atoms with Gasteiger partial charge in [0.25, 0.3) is 17.6 Å². The molecule has 0 aromatic carbocycles. The van der Waals surface area contributed by atoms with E-state index in [1.165, 1.54) is 0 Å². The zero-order valence-electron chi connectivity index (χ0n) is 12.1. The molecule has 2 heterocycles. The van der Waals surface area contributed by atoms with Gasteiger partial charge in [-0.2, -0.15) is 10.1 Å². The maximum absolute atomic E-state index is 12.4. The second-order valence-corrected chi connectivity index (χ2v) is 5.16. The highest BCUT2D eigenvalue weighted by Gasteiger charge is 2.24. The number of amides is 2. The summed E-state index contributed by atoms with van der Waals surface area (Å²) in [5.74, 6) is -1.11. The predicted molar refractivity (Wildman–Crippen MR) is 73.8 cm³/mol. The number of nitrogens with zero attached hydrogens (tertiary/aromatic N) is 4. The highest BCUT2D eigenvalue weighted by atomic mass is 16.5. The van der Waals surface area contributed by atoms with E-state index in [2.05, 4.69) is 20.6 Å². The minimum absolute atomic E-state index is 0.0269. The van der Waals surface area contributed by atoms with Crippen molar-refractivity contribution in [1.82, 2.24) is 25.2 Å². The molecule has 0 radical (unpaired) electrons. The smallest absolute Gasteiger partial charge is 0.290 e. The second-order valence-electron chi connectivity index (χ2n) is 5.16. The molecule has 9 heteroatoms. The van der Waals surface area contributed by atoms with Crippen LogP contribution in [0.2, 0.25) is 0 Å². The summed E-state index contributed by atoms with van der Waals surface area (Å²) >= 11 is 0. The fourth-order valence-electron chi connectivity index (χ4n) is 2.63. The van der Waals surface area contributed by atoms with E-state index in [9.17, 15) is 9.59 Å². The van der Waals surface area contributed by atoms with Crippen molar-refractivity contribution in [3.8, 4) is 0 Å². The lowest BCUT2D eigenvalue weighted by atomic mass is 9.95. The van der Waals surface area contributed by atoms with Gasteiger partial charge < -0.3 is 15.6 Å². The molecule has 0 bridgehead atoms. The summed E-state index contributed by atoms with van der Waals surface area (Å²) in [5, 5.41) is 10.5. The van der Waals surface area contributed by atoms with E-state index in [1.54, 1.807) is 11.7 Å². The normalized spacial score (nSPS) is 13.7. The highest BCUT2D eigenvalue weighted by Crippen LogP contribution is 2.23. The Bertz CT molecular complexity index is 732. The van der Waals surface area contributed by atoms with Crippen molar-refractivity contribution in [3.05, 3.63) is 28.7 Å². The molecule has 1 aliphatic carbocycles. The van der Waals surface area contributed by atoms with Gasteiger partial charge >= 0.3 is 0 Å². The Labute approximate surface area is 125 Å². The Morgan fingerprint density at radius 2 is 2.14 bits per heavy atom. The minimum Gasteiger partial charge on any atom is -0.363 e. The van der Waals surface area contributed by atoms with Crippen LogP contribution in [0.3, 0.4) is 0 Å². The number of nitrogens with one attached hydrogen (secondary N) is 1. The first kappa shape index (κ1) is 14.2. The second kappa shape index (κ2) is 5.58. The first-order valence-corrected chi connectivity index (χ1v) is 7.01. The van der Waals surface area contributed by atoms with Crippen molar-refractivity contribution >= 4 is 11.8 Å². The van der Waals surface area contributed by atoms with Crippen LogP contribution in [0, 0.1) is 0 Å². The van der Waals surface area contributed by atoms with Crippen LogP contribution < -0.4 is 11.1 Å². The average molecular weight is 304 g/mol. The topological polar surface area (TPSA) is 129 Å². The van der Waals surface area contributed by atoms with Gasteiger partial charge in [-0.25, -0.2) is 0 Å². The van der Waals surface area contributed by atoms with E-state index in [0.717, 1.165) is 36.9 Å². The van der Waals surface area contributed by atoms with E-state index in [4.69, 9.17) is 10.3 Å². The Hall–Kier alpha value is -2.71. The summed E-state index contributed by atoms with van der Waals surface area (Å²) < 4.78 is 6.44. The van der Waals surface area contributed by atoms with Crippen molar-refractivity contribution < 1.29 is 14.1 Å². The Morgan fingerprint density at radius 3 is 2.86 bits per heavy atom. The summed E-state index contributed by atoms with van der Waals surface area (Å²) in [6, 6.07) is 0. The van der Waals surface area contributed by atoms with Gasteiger partial charge in [0.2, 0.25) is 5.89 Å². The van der Waals surface area contributed by atoms with Crippen LogP contribution >= 0.6 is 0 Å². The predicted octanol–water partition coefficient (Wildman–Crippen LogP) is -0.289. The van der Waals surface area contributed by atoms with Gasteiger partial charge in [0, 0.05) is 12.6 Å². The van der Waals surface area contributed by atoms with E-state index in [1.807, 2.05) is 0 Å². The molecule has 1 aliphatic rings. The van der Waals surface area contributed by atoms with Crippen LogP contribution in [-0.2, 0) is 26.4 Å². The number of hydrogen-bond donors (Lipinski definition) is 2. The minimum atomic E-state index is -0.776. The third-order valence-electron chi connectivity index (χ3n) is 3.62. The van der Waals surface area contributed by atoms with Crippen molar-refractivity contribution in [2.75, 3.05) is 0 Å². The van der Waals surface area contributed by atoms with Gasteiger partial charge in [-0.3, -0.25) is 14.3 Å². The first-order valence-electron chi connectivity index (χ1n) is 7.01. The lowest BCUT2D eigenvalue weighted by Gasteiger charge is -2.10. The number of fused-ring (bicyclic) bond motifs is 1.